The molecule has 0 aliphatic carbocycles. The predicted octanol–water partition coefficient (Wildman–Crippen LogP) is 5.78. The Morgan fingerprint density at radius 1 is 1.14 bits per heavy atom. The average molecular weight is 438 g/mol. The van der Waals surface area contributed by atoms with Crippen molar-refractivity contribution in [2.75, 3.05) is 11.1 Å². The molecular weight excluding hydrogens is 422 g/mol. The molecule has 0 saturated heterocycles. The van der Waals surface area contributed by atoms with E-state index in [9.17, 15) is 10.4 Å². The summed E-state index contributed by atoms with van der Waals surface area (Å²) in [5.74, 6) is 0.206. The standard InChI is InChI=1S/C20H15N5OS3/c1-12-6-2-3-7-14(12)23-19-24-25-20(29-19)27-11-16(26)13(10-21)18-22-15-8-4-5-9-17(15)28-18/h2-9,26H,11H2,1H3,(H,23,24)/b16-13-. The molecule has 144 valence electrons. The fourth-order valence-corrected chi connectivity index (χ4v) is 5.19. The monoisotopic (exact) mass is 437 g/mol. The Morgan fingerprint density at radius 3 is 2.72 bits per heavy atom. The molecule has 0 aliphatic heterocycles. The van der Waals surface area contributed by atoms with E-state index in [-0.39, 0.29) is 17.1 Å². The Bertz CT molecular complexity index is 1210. The van der Waals surface area contributed by atoms with Gasteiger partial charge >= 0.3 is 0 Å². The summed E-state index contributed by atoms with van der Waals surface area (Å²) in [6.07, 6.45) is 0. The quantitative estimate of drug-likeness (QED) is 0.224. The molecule has 2 N–H and O–H groups in total. The van der Waals surface area contributed by atoms with Gasteiger partial charge in [0.05, 0.1) is 16.0 Å². The molecule has 2 aromatic heterocycles. The number of nitrogens with one attached hydrogen (secondary N) is 1. The lowest BCUT2D eigenvalue weighted by Crippen LogP contribution is -1.92. The van der Waals surface area contributed by atoms with Crippen LogP contribution in [0.4, 0.5) is 10.8 Å². The molecule has 9 heteroatoms. The van der Waals surface area contributed by atoms with Gasteiger partial charge in [0.25, 0.3) is 0 Å². The summed E-state index contributed by atoms with van der Waals surface area (Å²) in [6.45, 7) is 2.02. The number of aliphatic hydroxyl groups is 1. The number of benzene rings is 2. The van der Waals surface area contributed by atoms with Gasteiger partial charge in [-0.3, -0.25) is 0 Å². The number of nitriles is 1. The number of nitrogens with zero attached hydrogens (tertiary/aromatic N) is 4. The van der Waals surface area contributed by atoms with E-state index < -0.39 is 0 Å². The number of para-hydroxylation sites is 2. The van der Waals surface area contributed by atoms with Crippen LogP contribution in [0.5, 0.6) is 0 Å². The van der Waals surface area contributed by atoms with Gasteiger partial charge in [-0.05, 0) is 30.7 Å². The summed E-state index contributed by atoms with van der Waals surface area (Å²) in [5, 5.41) is 32.7. The molecule has 2 heterocycles. The highest BCUT2D eigenvalue weighted by atomic mass is 32.2. The largest absolute Gasteiger partial charge is 0.510 e. The van der Waals surface area contributed by atoms with Crippen molar-refractivity contribution in [1.82, 2.24) is 15.2 Å². The molecule has 0 atom stereocenters. The van der Waals surface area contributed by atoms with Crippen LogP contribution < -0.4 is 5.32 Å². The number of hydrogen-bond acceptors (Lipinski definition) is 9. The van der Waals surface area contributed by atoms with Crippen LogP contribution >= 0.6 is 34.4 Å². The zero-order chi connectivity index (χ0) is 20.2. The van der Waals surface area contributed by atoms with E-state index in [0.717, 1.165) is 21.5 Å². The number of rotatable bonds is 6. The van der Waals surface area contributed by atoms with E-state index >= 15 is 0 Å². The van der Waals surface area contributed by atoms with Crippen LogP contribution in [0.15, 0.2) is 58.6 Å². The second-order valence-electron chi connectivity index (χ2n) is 6.02. The van der Waals surface area contributed by atoms with Crippen LogP contribution in [0.3, 0.4) is 0 Å². The minimum Gasteiger partial charge on any atom is -0.510 e. The van der Waals surface area contributed by atoms with Crippen molar-refractivity contribution in [2.45, 2.75) is 11.3 Å². The van der Waals surface area contributed by atoms with E-state index in [1.54, 1.807) is 0 Å². The fourth-order valence-electron chi connectivity index (χ4n) is 2.56. The van der Waals surface area contributed by atoms with Crippen molar-refractivity contribution in [3.8, 4) is 6.07 Å². The molecule has 0 bridgehead atoms. The first kappa shape index (κ1) is 19.4. The van der Waals surface area contributed by atoms with Crippen molar-refractivity contribution >= 4 is 61.0 Å². The van der Waals surface area contributed by atoms with E-state index in [4.69, 9.17) is 0 Å². The number of allylic oxidation sites excluding steroid dienone is 1. The van der Waals surface area contributed by atoms with Crippen LogP contribution in [-0.2, 0) is 0 Å². The third-order valence-electron chi connectivity index (χ3n) is 4.03. The third kappa shape index (κ3) is 4.40. The zero-order valence-corrected chi connectivity index (χ0v) is 17.7. The number of thiazole rings is 1. The molecular formula is C20H15N5OS3. The van der Waals surface area contributed by atoms with Gasteiger partial charge < -0.3 is 10.4 Å². The van der Waals surface area contributed by atoms with Gasteiger partial charge in [0, 0.05) is 5.69 Å². The molecule has 0 amide bonds. The van der Waals surface area contributed by atoms with Gasteiger partial charge in [-0.1, -0.05) is 53.4 Å². The first-order valence-electron chi connectivity index (χ1n) is 8.61. The number of anilines is 2. The van der Waals surface area contributed by atoms with Crippen LogP contribution in [0.1, 0.15) is 10.6 Å². The smallest absolute Gasteiger partial charge is 0.210 e. The molecule has 29 heavy (non-hydrogen) atoms. The van der Waals surface area contributed by atoms with Gasteiger partial charge in [0.15, 0.2) is 4.34 Å². The lowest BCUT2D eigenvalue weighted by atomic mass is 10.2. The van der Waals surface area contributed by atoms with E-state index in [2.05, 4.69) is 26.6 Å². The van der Waals surface area contributed by atoms with Crippen molar-refractivity contribution in [1.29, 1.82) is 5.26 Å². The maximum atomic E-state index is 10.5. The lowest BCUT2D eigenvalue weighted by Gasteiger charge is -2.04. The summed E-state index contributed by atoms with van der Waals surface area (Å²) >= 11 is 4.12. The molecule has 4 rings (SSSR count). The summed E-state index contributed by atoms with van der Waals surface area (Å²) < 4.78 is 1.68. The third-order valence-corrected chi connectivity index (χ3v) is 7.07. The molecule has 6 nitrogen and oxygen atoms in total. The Labute approximate surface area is 179 Å². The topological polar surface area (TPSA) is 94.7 Å². The van der Waals surface area contributed by atoms with Crippen LogP contribution in [0, 0.1) is 18.3 Å². The van der Waals surface area contributed by atoms with Gasteiger partial charge in [-0.25, -0.2) is 4.98 Å². The highest BCUT2D eigenvalue weighted by Gasteiger charge is 2.15. The highest BCUT2D eigenvalue weighted by Crippen LogP contribution is 2.32. The number of aromatic nitrogens is 3. The molecule has 0 spiro atoms. The summed E-state index contributed by atoms with van der Waals surface area (Å²) in [5.41, 5.74) is 3.11. The molecule has 0 fully saturated rings. The van der Waals surface area contributed by atoms with Crippen LogP contribution in [0.25, 0.3) is 15.8 Å². The van der Waals surface area contributed by atoms with Gasteiger partial charge in [-0.2, -0.15) is 5.26 Å². The highest BCUT2D eigenvalue weighted by molar-refractivity contribution is 8.01. The molecule has 0 radical (unpaired) electrons. The predicted molar refractivity (Wildman–Crippen MR) is 120 cm³/mol. The number of aryl methyl sites for hydroxylation is 1. The van der Waals surface area contributed by atoms with Crippen molar-refractivity contribution in [3.63, 3.8) is 0 Å². The van der Waals surface area contributed by atoms with Gasteiger partial charge in [0.2, 0.25) is 5.13 Å². The van der Waals surface area contributed by atoms with E-state index in [1.165, 1.54) is 34.4 Å². The molecule has 0 aliphatic rings. The number of thioether (sulfide) groups is 1. The lowest BCUT2D eigenvalue weighted by molar-refractivity contribution is 0.421. The minimum atomic E-state index is -0.0137. The fraction of sp³-hybridized carbons (Fsp3) is 0.100. The molecule has 4 aromatic rings. The zero-order valence-electron chi connectivity index (χ0n) is 15.3. The Kier molecular flexibility index (Phi) is 5.76. The number of aliphatic hydroxyl groups excluding tert-OH is 1. The Hall–Kier alpha value is -2.93. The molecule has 2 aromatic carbocycles. The van der Waals surface area contributed by atoms with Gasteiger partial charge in [0.1, 0.15) is 22.4 Å². The van der Waals surface area contributed by atoms with E-state index in [0.29, 0.717) is 14.5 Å². The number of fused-ring (bicyclic) bond motifs is 1. The minimum absolute atomic E-state index is 0.0137. The normalized spacial score (nSPS) is 11.9. The molecule has 0 unspecified atom stereocenters. The number of hydrogen-bond donors (Lipinski definition) is 2. The summed E-state index contributed by atoms with van der Waals surface area (Å²) in [4.78, 5) is 4.45. The second-order valence-corrected chi connectivity index (χ2v) is 9.25. The Morgan fingerprint density at radius 2 is 1.93 bits per heavy atom. The van der Waals surface area contributed by atoms with Crippen molar-refractivity contribution in [2.24, 2.45) is 0 Å². The Balaban J connectivity index is 1.47. The SMILES string of the molecule is Cc1ccccc1Nc1nnc(SC/C(O)=C(\C#N)c2nc3ccccc3s2)s1. The maximum absolute atomic E-state index is 10.5. The summed E-state index contributed by atoms with van der Waals surface area (Å²) in [7, 11) is 0. The van der Waals surface area contributed by atoms with Crippen molar-refractivity contribution in [3.05, 3.63) is 64.9 Å². The first-order chi connectivity index (χ1) is 14.1. The summed E-state index contributed by atoms with van der Waals surface area (Å²) in [6, 6.07) is 17.7. The van der Waals surface area contributed by atoms with E-state index in [1.807, 2.05) is 55.5 Å². The average Bonchev–Trinajstić information content (AvgIpc) is 3.35. The molecule has 0 saturated carbocycles. The van der Waals surface area contributed by atoms with Crippen LogP contribution in [-0.4, -0.2) is 26.0 Å². The first-order valence-corrected chi connectivity index (χ1v) is 11.2. The van der Waals surface area contributed by atoms with Gasteiger partial charge in [-0.15, -0.1) is 21.5 Å². The maximum Gasteiger partial charge on any atom is 0.210 e. The second kappa shape index (κ2) is 8.61. The van der Waals surface area contributed by atoms with Crippen LogP contribution in [0.2, 0.25) is 0 Å². The van der Waals surface area contributed by atoms with Crippen molar-refractivity contribution < 1.29 is 5.11 Å².